The number of aryl methyl sites for hydroxylation is 1. The average molecular weight is 223 g/mol. The SMILES string of the molecule is CC.CCc1ccc(C(=O)NCCO)cc1. The molecule has 0 bridgehead atoms. The molecule has 0 aromatic heterocycles. The van der Waals surface area contributed by atoms with Gasteiger partial charge in [-0.1, -0.05) is 32.9 Å². The number of aliphatic hydroxyl groups excluding tert-OH is 1. The lowest BCUT2D eigenvalue weighted by Crippen LogP contribution is -2.26. The molecule has 0 saturated heterocycles. The van der Waals surface area contributed by atoms with E-state index in [9.17, 15) is 4.79 Å². The normalized spacial score (nSPS) is 9.00. The number of amides is 1. The highest BCUT2D eigenvalue weighted by molar-refractivity contribution is 5.94. The number of aliphatic hydroxyl groups is 1. The molecule has 0 aliphatic carbocycles. The molecule has 1 aromatic carbocycles. The van der Waals surface area contributed by atoms with Crippen LogP contribution in [0.15, 0.2) is 24.3 Å². The molecule has 0 heterocycles. The van der Waals surface area contributed by atoms with Crippen LogP contribution in [0, 0.1) is 0 Å². The largest absolute Gasteiger partial charge is 0.395 e. The Morgan fingerprint density at radius 1 is 1.25 bits per heavy atom. The molecular weight excluding hydrogens is 202 g/mol. The maximum absolute atomic E-state index is 11.4. The van der Waals surface area contributed by atoms with Gasteiger partial charge in [0.25, 0.3) is 5.91 Å². The summed E-state index contributed by atoms with van der Waals surface area (Å²) in [5.41, 5.74) is 1.85. The lowest BCUT2D eigenvalue weighted by molar-refractivity contribution is 0.0945. The minimum atomic E-state index is -0.137. The van der Waals surface area contributed by atoms with Gasteiger partial charge in [-0.05, 0) is 24.1 Å². The first-order chi connectivity index (χ1) is 7.77. The Morgan fingerprint density at radius 2 is 1.81 bits per heavy atom. The van der Waals surface area contributed by atoms with Gasteiger partial charge in [-0.25, -0.2) is 0 Å². The van der Waals surface area contributed by atoms with E-state index in [0.717, 1.165) is 6.42 Å². The Balaban J connectivity index is 0.00000106. The predicted octanol–water partition coefficient (Wildman–Crippen LogP) is 2.00. The fourth-order valence-corrected chi connectivity index (χ4v) is 1.16. The maximum Gasteiger partial charge on any atom is 0.251 e. The van der Waals surface area contributed by atoms with Crippen LogP contribution in [0.4, 0.5) is 0 Å². The molecule has 1 amide bonds. The van der Waals surface area contributed by atoms with E-state index in [1.807, 2.05) is 26.0 Å². The molecule has 3 heteroatoms. The monoisotopic (exact) mass is 223 g/mol. The van der Waals surface area contributed by atoms with E-state index < -0.39 is 0 Å². The number of carbonyl (C=O) groups is 1. The second-order valence-electron chi connectivity index (χ2n) is 3.03. The Kier molecular flexibility index (Phi) is 8.17. The zero-order chi connectivity index (χ0) is 12.4. The highest BCUT2D eigenvalue weighted by atomic mass is 16.3. The molecule has 2 N–H and O–H groups in total. The van der Waals surface area contributed by atoms with E-state index in [0.29, 0.717) is 12.1 Å². The van der Waals surface area contributed by atoms with Crippen molar-refractivity contribution in [2.45, 2.75) is 27.2 Å². The average Bonchev–Trinajstić information content (AvgIpc) is 2.38. The zero-order valence-electron chi connectivity index (χ0n) is 10.3. The van der Waals surface area contributed by atoms with E-state index in [4.69, 9.17) is 5.11 Å². The van der Waals surface area contributed by atoms with Crippen LogP contribution in [0.25, 0.3) is 0 Å². The highest BCUT2D eigenvalue weighted by Gasteiger charge is 2.02. The van der Waals surface area contributed by atoms with Crippen LogP contribution >= 0.6 is 0 Å². The first-order valence-electron chi connectivity index (χ1n) is 5.76. The molecule has 0 fully saturated rings. The van der Waals surface area contributed by atoms with Crippen molar-refractivity contribution >= 4 is 5.91 Å². The molecule has 16 heavy (non-hydrogen) atoms. The van der Waals surface area contributed by atoms with E-state index in [-0.39, 0.29) is 12.5 Å². The minimum absolute atomic E-state index is 0.0290. The van der Waals surface area contributed by atoms with Gasteiger partial charge in [0.2, 0.25) is 0 Å². The smallest absolute Gasteiger partial charge is 0.251 e. The first kappa shape index (κ1) is 14.6. The highest BCUT2D eigenvalue weighted by Crippen LogP contribution is 2.04. The van der Waals surface area contributed by atoms with Gasteiger partial charge >= 0.3 is 0 Å². The number of rotatable bonds is 4. The summed E-state index contributed by atoms with van der Waals surface area (Å²) in [4.78, 5) is 11.4. The van der Waals surface area contributed by atoms with Gasteiger partial charge in [0, 0.05) is 12.1 Å². The summed E-state index contributed by atoms with van der Waals surface area (Å²) in [6.07, 6.45) is 0.971. The van der Waals surface area contributed by atoms with Gasteiger partial charge in [-0.3, -0.25) is 4.79 Å². The molecule has 0 aliphatic rings. The second kappa shape index (κ2) is 8.92. The Morgan fingerprint density at radius 3 is 2.25 bits per heavy atom. The molecule has 1 rings (SSSR count). The molecule has 0 atom stereocenters. The van der Waals surface area contributed by atoms with Gasteiger partial charge < -0.3 is 10.4 Å². The van der Waals surface area contributed by atoms with Crippen LogP contribution in [-0.4, -0.2) is 24.2 Å². The lowest BCUT2D eigenvalue weighted by Gasteiger charge is -2.03. The first-order valence-corrected chi connectivity index (χ1v) is 5.76. The maximum atomic E-state index is 11.4. The van der Waals surface area contributed by atoms with Gasteiger partial charge in [0.1, 0.15) is 0 Å². The molecule has 0 aliphatic heterocycles. The van der Waals surface area contributed by atoms with E-state index in [2.05, 4.69) is 12.2 Å². The van der Waals surface area contributed by atoms with Crippen LogP contribution in [0.3, 0.4) is 0 Å². The third kappa shape index (κ3) is 4.94. The predicted molar refractivity (Wildman–Crippen MR) is 66.6 cm³/mol. The van der Waals surface area contributed by atoms with E-state index in [1.165, 1.54) is 5.56 Å². The summed E-state index contributed by atoms with van der Waals surface area (Å²) in [6, 6.07) is 7.47. The molecular formula is C13H21NO2. The molecule has 0 unspecified atom stereocenters. The molecule has 0 radical (unpaired) electrons. The summed E-state index contributed by atoms with van der Waals surface area (Å²) in [7, 11) is 0. The topological polar surface area (TPSA) is 49.3 Å². The fraction of sp³-hybridized carbons (Fsp3) is 0.462. The number of hydrogen-bond donors (Lipinski definition) is 2. The van der Waals surface area contributed by atoms with Crippen molar-refractivity contribution in [1.29, 1.82) is 0 Å². The summed E-state index contributed by atoms with van der Waals surface area (Å²) in [6.45, 7) is 6.34. The summed E-state index contributed by atoms with van der Waals surface area (Å²) < 4.78 is 0. The number of nitrogens with one attached hydrogen (secondary N) is 1. The molecule has 3 nitrogen and oxygen atoms in total. The molecule has 90 valence electrons. The number of carbonyl (C=O) groups excluding carboxylic acids is 1. The van der Waals surface area contributed by atoms with Crippen LogP contribution < -0.4 is 5.32 Å². The standard InChI is InChI=1S/C11H15NO2.C2H6/c1-2-9-3-5-10(6-4-9)11(14)12-7-8-13;1-2/h3-6,13H,2,7-8H2,1H3,(H,12,14);1-2H3. The number of benzene rings is 1. The van der Waals surface area contributed by atoms with Crippen molar-refractivity contribution in [3.8, 4) is 0 Å². The van der Waals surface area contributed by atoms with Crippen molar-refractivity contribution in [3.63, 3.8) is 0 Å². The van der Waals surface area contributed by atoms with Crippen molar-refractivity contribution in [3.05, 3.63) is 35.4 Å². The lowest BCUT2D eigenvalue weighted by atomic mass is 10.1. The zero-order valence-corrected chi connectivity index (χ0v) is 10.3. The van der Waals surface area contributed by atoms with Crippen LogP contribution in [0.5, 0.6) is 0 Å². The van der Waals surface area contributed by atoms with Crippen molar-refractivity contribution in [2.75, 3.05) is 13.2 Å². The van der Waals surface area contributed by atoms with Crippen LogP contribution in [0.1, 0.15) is 36.7 Å². The van der Waals surface area contributed by atoms with Gasteiger partial charge in [0.05, 0.1) is 6.61 Å². The Hall–Kier alpha value is -1.35. The number of hydrogen-bond acceptors (Lipinski definition) is 2. The van der Waals surface area contributed by atoms with Crippen molar-refractivity contribution < 1.29 is 9.90 Å². The van der Waals surface area contributed by atoms with Crippen molar-refractivity contribution in [1.82, 2.24) is 5.32 Å². The second-order valence-corrected chi connectivity index (χ2v) is 3.03. The van der Waals surface area contributed by atoms with Crippen molar-refractivity contribution in [2.24, 2.45) is 0 Å². The summed E-state index contributed by atoms with van der Waals surface area (Å²) in [5.74, 6) is -0.137. The van der Waals surface area contributed by atoms with Gasteiger partial charge in [0.15, 0.2) is 0 Å². The minimum Gasteiger partial charge on any atom is -0.395 e. The van der Waals surface area contributed by atoms with Gasteiger partial charge in [-0.15, -0.1) is 0 Å². The Labute approximate surface area is 97.5 Å². The molecule has 0 saturated carbocycles. The van der Waals surface area contributed by atoms with Crippen LogP contribution in [0.2, 0.25) is 0 Å². The fourth-order valence-electron chi connectivity index (χ4n) is 1.16. The molecule has 1 aromatic rings. The Bertz CT molecular complexity index is 293. The summed E-state index contributed by atoms with van der Waals surface area (Å²) >= 11 is 0. The van der Waals surface area contributed by atoms with Crippen LogP contribution in [-0.2, 0) is 6.42 Å². The third-order valence-corrected chi connectivity index (χ3v) is 2.02. The van der Waals surface area contributed by atoms with Gasteiger partial charge in [-0.2, -0.15) is 0 Å². The third-order valence-electron chi connectivity index (χ3n) is 2.02. The van der Waals surface area contributed by atoms with E-state index >= 15 is 0 Å². The molecule has 0 spiro atoms. The van der Waals surface area contributed by atoms with E-state index in [1.54, 1.807) is 12.1 Å². The summed E-state index contributed by atoms with van der Waals surface area (Å²) in [5, 5.41) is 11.1. The quantitative estimate of drug-likeness (QED) is 0.820.